The maximum atomic E-state index is 11.8. The van der Waals surface area contributed by atoms with Crippen LogP contribution in [0.1, 0.15) is 19.3 Å². The molecule has 1 amide bonds. The molecule has 1 rings (SSSR count). The fourth-order valence-electron chi connectivity index (χ4n) is 1.90. The van der Waals surface area contributed by atoms with Gasteiger partial charge in [-0.1, -0.05) is 6.42 Å². The van der Waals surface area contributed by atoms with Crippen LogP contribution in [0.5, 0.6) is 0 Å². The molecule has 2 N–H and O–H groups in total. The normalized spacial score (nSPS) is 23.0. The average Bonchev–Trinajstić information content (AvgIpc) is 2.28. The molecule has 7 heteroatoms. The average molecular weight is 250 g/mol. The number of rotatable bonds is 4. The molecule has 0 radical (unpaired) electrons. The Kier molecular flexibility index (Phi) is 4.69. The first-order valence-corrected chi connectivity index (χ1v) is 6.96. The molecule has 1 aliphatic rings. The minimum atomic E-state index is -3.52. The number of hydrogen-bond acceptors (Lipinski definition) is 4. The highest BCUT2D eigenvalue weighted by atomic mass is 32.2. The number of aliphatic hydroxyl groups excluding tert-OH is 1. The van der Waals surface area contributed by atoms with Crippen LogP contribution in [0, 0.1) is 0 Å². The molecular weight excluding hydrogens is 232 g/mol. The van der Waals surface area contributed by atoms with E-state index in [2.05, 4.69) is 5.32 Å². The predicted molar refractivity (Wildman–Crippen MR) is 59.3 cm³/mol. The van der Waals surface area contributed by atoms with Crippen molar-refractivity contribution in [1.82, 2.24) is 9.62 Å². The molecule has 1 fully saturated rings. The van der Waals surface area contributed by atoms with Gasteiger partial charge in [0.1, 0.15) is 6.04 Å². The Morgan fingerprint density at radius 3 is 2.75 bits per heavy atom. The summed E-state index contributed by atoms with van der Waals surface area (Å²) in [5.74, 6) is -0.596. The molecule has 1 saturated heterocycles. The number of carbonyl (C=O) groups is 1. The Balaban J connectivity index is 2.86. The van der Waals surface area contributed by atoms with Gasteiger partial charge < -0.3 is 10.4 Å². The zero-order valence-electron chi connectivity index (χ0n) is 9.35. The van der Waals surface area contributed by atoms with Crippen LogP contribution in [0.2, 0.25) is 0 Å². The lowest BCUT2D eigenvalue weighted by atomic mass is 10.0. The number of nitrogens with zero attached hydrogens (tertiary/aromatic N) is 1. The van der Waals surface area contributed by atoms with E-state index < -0.39 is 22.7 Å². The third kappa shape index (κ3) is 2.93. The summed E-state index contributed by atoms with van der Waals surface area (Å²) in [7, 11) is -2.02. The second kappa shape index (κ2) is 5.60. The quantitative estimate of drug-likeness (QED) is 0.663. The van der Waals surface area contributed by atoms with Gasteiger partial charge in [-0.2, -0.15) is 4.31 Å². The Morgan fingerprint density at radius 2 is 2.19 bits per heavy atom. The zero-order valence-corrected chi connectivity index (χ0v) is 10.2. The molecule has 1 heterocycles. The summed E-state index contributed by atoms with van der Waals surface area (Å²) in [6, 6.07) is -0.615. The molecule has 0 aliphatic carbocycles. The van der Waals surface area contributed by atoms with Crippen LogP contribution >= 0.6 is 0 Å². The predicted octanol–water partition coefficient (Wildman–Crippen LogP) is -1.09. The monoisotopic (exact) mass is 250 g/mol. The highest BCUT2D eigenvalue weighted by Gasteiger charge is 2.35. The summed E-state index contributed by atoms with van der Waals surface area (Å²) in [6.45, 7) is -0.0558. The molecule has 0 aromatic heterocycles. The van der Waals surface area contributed by atoms with Crippen LogP contribution in [0.3, 0.4) is 0 Å². The first-order chi connectivity index (χ1) is 7.53. The maximum Gasteiger partial charge on any atom is 0.238 e. The van der Waals surface area contributed by atoms with Crippen molar-refractivity contribution in [1.29, 1.82) is 0 Å². The second-order valence-electron chi connectivity index (χ2n) is 3.78. The van der Waals surface area contributed by atoms with Crippen molar-refractivity contribution < 1.29 is 18.3 Å². The van der Waals surface area contributed by atoms with Gasteiger partial charge in [-0.15, -0.1) is 0 Å². The van der Waals surface area contributed by atoms with Gasteiger partial charge >= 0.3 is 0 Å². The van der Waals surface area contributed by atoms with Gasteiger partial charge in [0, 0.05) is 13.6 Å². The number of hydrogen-bond donors (Lipinski definition) is 2. The largest absolute Gasteiger partial charge is 0.395 e. The highest BCUT2D eigenvalue weighted by Crippen LogP contribution is 2.20. The molecule has 6 nitrogen and oxygen atoms in total. The molecule has 0 aromatic carbocycles. The fourth-order valence-corrected chi connectivity index (χ4v) is 3.36. The minimum absolute atomic E-state index is 0.277. The van der Waals surface area contributed by atoms with Crippen molar-refractivity contribution in [2.24, 2.45) is 0 Å². The summed E-state index contributed by atoms with van der Waals surface area (Å²) in [4.78, 5) is 11.5. The van der Waals surface area contributed by atoms with Gasteiger partial charge in [-0.25, -0.2) is 8.42 Å². The molecule has 16 heavy (non-hydrogen) atoms. The van der Waals surface area contributed by atoms with Crippen LogP contribution in [0.4, 0.5) is 0 Å². The van der Waals surface area contributed by atoms with Gasteiger partial charge in [-0.05, 0) is 12.8 Å². The third-order valence-electron chi connectivity index (χ3n) is 2.71. The maximum absolute atomic E-state index is 11.8. The van der Waals surface area contributed by atoms with Gasteiger partial charge in [0.25, 0.3) is 0 Å². The number of sulfonamides is 1. The number of carbonyl (C=O) groups excluding carboxylic acids is 1. The van der Waals surface area contributed by atoms with E-state index in [1.165, 1.54) is 11.4 Å². The number of likely N-dealkylation sites (N-methyl/N-ethyl adjacent to an activating group) is 1. The summed E-state index contributed by atoms with van der Waals surface area (Å²) < 4.78 is 24.8. The highest BCUT2D eigenvalue weighted by molar-refractivity contribution is 7.89. The summed E-state index contributed by atoms with van der Waals surface area (Å²) >= 11 is 0. The first-order valence-electron chi connectivity index (χ1n) is 5.35. The lowest BCUT2D eigenvalue weighted by Gasteiger charge is -2.33. The number of nitrogens with one attached hydrogen (secondary N) is 1. The van der Waals surface area contributed by atoms with Crippen molar-refractivity contribution in [3.05, 3.63) is 0 Å². The Labute approximate surface area is 95.7 Å². The minimum Gasteiger partial charge on any atom is -0.395 e. The van der Waals surface area contributed by atoms with E-state index in [1.54, 1.807) is 0 Å². The Hall–Kier alpha value is -0.660. The van der Waals surface area contributed by atoms with E-state index >= 15 is 0 Å². The standard InChI is InChI=1S/C9H18N2O4S/c1-10-9(13)8-4-2-3-5-11(8)16(14,15)7-6-12/h8,12H,2-7H2,1H3,(H,10,13). The summed E-state index contributed by atoms with van der Waals surface area (Å²) in [5.41, 5.74) is 0. The molecule has 94 valence electrons. The Bertz CT molecular complexity index is 341. The van der Waals surface area contributed by atoms with Crippen LogP contribution in [0.25, 0.3) is 0 Å². The number of aliphatic hydroxyl groups is 1. The van der Waals surface area contributed by atoms with Crippen LogP contribution in [0.15, 0.2) is 0 Å². The molecule has 0 aromatic rings. The second-order valence-corrected chi connectivity index (χ2v) is 5.82. The van der Waals surface area contributed by atoms with E-state index in [9.17, 15) is 13.2 Å². The number of piperidine rings is 1. The van der Waals surface area contributed by atoms with Crippen LogP contribution < -0.4 is 5.32 Å². The van der Waals surface area contributed by atoms with Gasteiger partial charge in [0.05, 0.1) is 12.4 Å². The summed E-state index contributed by atoms with van der Waals surface area (Å²) in [6.07, 6.45) is 2.16. The smallest absolute Gasteiger partial charge is 0.238 e. The zero-order chi connectivity index (χ0) is 12.2. The van der Waals surface area contributed by atoms with Gasteiger partial charge in [0.15, 0.2) is 0 Å². The van der Waals surface area contributed by atoms with E-state index in [1.807, 2.05) is 0 Å². The lowest BCUT2D eigenvalue weighted by Crippen LogP contribution is -2.52. The summed E-state index contributed by atoms with van der Waals surface area (Å²) in [5, 5.41) is 11.2. The topological polar surface area (TPSA) is 86.7 Å². The van der Waals surface area contributed by atoms with E-state index in [0.29, 0.717) is 13.0 Å². The van der Waals surface area contributed by atoms with Crippen molar-refractivity contribution in [2.75, 3.05) is 26.0 Å². The van der Waals surface area contributed by atoms with Crippen LogP contribution in [-0.2, 0) is 14.8 Å². The van der Waals surface area contributed by atoms with E-state index in [0.717, 1.165) is 12.8 Å². The van der Waals surface area contributed by atoms with Crippen molar-refractivity contribution in [3.63, 3.8) is 0 Å². The first kappa shape index (κ1) is 13.4. The van der Waals surface area contributed by atoms with Crippen molar-refractivity contribution in [3.8, 4) is 0 Å². The molecular formula is C9H18N2O4S. The van der Waals surface area contributed by atoms with Gasteiger partial charge in [0.2, 0.25) is 15.9 Å². The lowest BCUT2D eigenvalue weighted by molar-refractivity contribution is -0.125. The molecule has 0 bridgehead atoms. The number of amides is 1. The van der Waals surface area contributed by atoms with E-state index in [4.69, 9.17) is 5.11 Å². The van der Waals surface area contributed by atoms with Gasteiger partial charge in [-0.3, -0.25) is 4.79 Å². The fraction of sp³-hybridized carbons (Fsp3) is 0.889. The molecule has 1 aliphatic heterocycles. The Morgan fingerprint density at radius 1 is 1.50 bits per heavy atom. The van der Waals surface area contributed by atoms with E-state index in [-0.39, 0.29) is 11.7 Å². The van der Waals surface area contributed by atoms with Crippen molar-refractivity contribution in [2.45, 2.75) is 25.3 Å². The van der Waals surface area contributed by atoms with Crippen LogP contribution in [-0.4, -0.2) is 55.7 Å². The molecule has 0 spiro atoms. The molecule has 1 atom stereocenters. The third-order valence-corrected chi connectivity index (χ3v) is 4.56. The van der Waals surface area contributed by atoms with Crippen molar-refractivity contribution >= 4 is 15.9 Å². The molecule has 1 unspecified atom stereocenters. The SMILES string of the molecule is CNC(=O)C1CCCCN1S(=O)(=O)CCO. The molecule has 0 saturated carbocycles.